The molecule has 2 aromatic rings. The molecule has 4 heterocycles. The summed E-state index contributed by atoms with van der Waals surface area (Å²) in [4.78, 5) is 21.6. The minimum Gasteiger partial charge on any atom is -0.390 e. The summed E-state index contributed by atoms with van der Waals surface area (Å²) in [7, 11) is -1.38. The molecule has 37 heavy (non-hydrogen) atoms. The van der Waals surface area contributed by atoms with Gasteiger partial charge >= 0.3 is 7.60 Å². The largest absolute Gasteiger partial charge is 0.390 e. The van der Waals surface area contributed by atoms with Crippen molar-refractivity contribution in [2.45, 2.75) is 18.6 Å². The Hall–Kier alpha value is -3.04. The van der Waals surface area contributed by atoms with Crippen molar-refractivity contribution in [2.75, 3.05) is 45.0 Å². The van der Waals surface area contributed by atoms with Crippen LogP contribution in [0.1, 0.15) is 23.1 Å². The van der Waals surface area contributed by atoms with E-state index in [9.17, 15) is 18.9 Å². The van der Waals surface area contributed by atoms with Crippen molar-refractivity contribution in [1.29, 1.82) is 0 Å². The summed E-state index contributed by atoms with van der Waals surface area (Å²) in [5.74, 6) is 0.187. The number of hydrogen-bond acceptors (Lipinski definition) is 8. The SMILES string of the molecule is CN1C(=O)Cc2cc(/C=C3\CC4(COP(C)(=O)OC4)CN4C3=NOC4(CO)c3ccc(F)cc3)ccc21. The van der Waals surface area contributed by atoms with Gasteiger partial charge in [-0.05, 0) is 65.6 Å². The number of fused-ring (bicyclic) bond motifs is 2. The van der Waals surface area contributed by atoms with Gasteiger partial charge in [0, 0.05) is 36.9 Å². The Morgan fingerprint density at radius 1 is 1.19 bits per heavy atom. The van der Waals surface area contributed by atoms with Crippen LogP contribution < -0.4 is 4.90 Å². The van der Waals surface area contributed by atoms with Crippen molar-refractivity contribution in [3.8, 4) is 0 Å². The van der Waals surface area contributed by atoms with Gasteiger partial charge in [-0.3, -0.25) is 9.36 Å². The lowest BCUT2D eigenvalue weighted by Crippen LogP contribution is -2.59. The van der Waals surface area contributed by atoms with Crippen molar-refractivity contribution in [3.05, 3.63) is 70.5 Å². The molecule has 1 atom stereocenters. The molecule has 0 radical (unpaired) electrons. The molecule has 1 amide bonds. The predicted octanol–water partition coefficient (Wildman–Crippen LogP) is 3.48. The highest BCUT2D eigenvalue weighted by atomic mass is 31.2. The smallest absolute Gasteiger partial charge is 0.327 e. The van der Waals surface area contributed by atoms with Crippen LogP contribution in [-0.4, -0.2) is 61.8 Å². The molecule has 9 nitrogen and oxygen atoms in total. The van der Waals surface area contributed by atoms with Gasteiger partial charge in [0.25, 0.3) is 5.72 Å². The molecule has 1 spiro atoms. The van der Waals surface area contributed by atoms with Crippen molar-refractivity contribution >= 4 is 31.1 Å². The number of benzene rings is 2. The Balaban J connectivity index is 1.42. The van der Waals surface area contributed by atoms with Gasteiger partial charge < -0.3 is 28.8 Å². The Bertz CT molecular complexity index is 1380. The van der Waals surface area contributed by atoms with Gasteiger partial charge in [-0.1, -0.05) is 11.2 Å². The summed E-state index contributed by atoms with van der Waals surface area (Å²) in [5, 5.41) is 15.0. The quantitative estimate of drug-likeness (QED) is 0.610. The topological polar surface area (TPSA) is 101 Å². The van der Waals surface area contributed by atoms with E-state index in [-0.39, 0.29) is 19.1 Å². The first kappa shape index (κ1) is 24.3. The van der Waals surface area contributed by atoms with E-state index in [4.69, 9.17) is 13.9 Å². The maximum absolute atomic E-state index is 13.7. The van der Waals surface area contributed by atoms with Crippen LogP contribution in [0.4, 0.5) is 10.1 Å². The number of anilines is 1. The highest BCUT2D eigenvalue weighted by molar-refractivity contribution is 7.53. The highest BCUT2D eigenvalue weighted by Gasteiger charge is 2.56. The fourth-order valence-corrected chi connectivity index (χ4v) is 6.59. The number of hydrogen-bond donors (Lipinski definition) is 1. The third-order valence-electron chi connectivity index (χ3n) is 7.56. The number of aliphatic hydroxyl groups excluding tert-OH is 1. The molecule has 0 saturated carbocycles. The van der Waals surface area contributed by atoms with Crippen molar-refractivity contribution in [2.24, 2.45) is 10.6 Å². The molecule has 6 rings (SSSR count). The molecule has 0 aliphatic carbocycles. The van der Waals surface area contributed by atoms with E-state index in [1.54, 1.807) is 24.1 Å². The van der Waals surface area contributed by atoms with Crippen LogP contribution >= 0.6 is 7.60 Å². The van der Waals surface area contributed by atoms with Gasteiger partial charge in [0.05, 0.1) is 19.6 Å². The molecule has 4 aliphatic rings. The van der Waals surface area contributed by atoms with Gasteiger partial charge in [0.1, 0.15) is 12.4 Å². The van der Waals surface area contributed by atoms with Crippen LogP contribution in [0.2, 0.25) is 0 Å². The molecular weight excluding hydrogens is 500 g/mol. The zero-order chi connectivity index (χ0) is 26.0. The third-order valence-corrected chi connectivity index (χ3v) is 8.76. The Labute approximate surface area is 213 Å². The fraction of sp³-hybridized carbons (Fsp3) is 0.385. The standard InChI is InChI=1S/C26H27FN3O6P/c1-29-22-8-3-17(9-18(22)11-23(29)32)10-19-12-25(15-34-37(2,33)35-16-25)13-30-24(19)28-36-26(30,14-31)20-4-6-21(27)7-5-20/h3-10,31H,11-16H2,1-2H3/b19-10+. The van der Waals surface area contributed by atoms with Crippen molar-refractivity contribution < 1.29 is 32.7 Å². The lowest BCUT2D eigenvalue weighted by molar-refractivity contribution is -0.152. The zero-order valence-corrected chi connectivity index (χ0v) is 21.4. The average molecular weight is 527 g/mol. The number of rotatable bonds is 3. The molecule has 0 bridgehead atoms. The first-order valence-corrected chi connectivity index (χ1v) is 14.0. The molecule has 2 fully saturated rings. The number of carbonyl (C=O) groups excluding carboxylic acids is 1. The number of halogens is 1. The van der Waals surface area contributed by atoms with Gasteiger partial charge in [0.15, 0.2) is 5.84 Å². The highest BCUT2D eigenvalue weighted by Crippen LogP contribution is 2.55. The number of carbonyl (C=O) groups is 1. The molecule has 11 heteroatoms. The van der Waals surface area contributed by atoms with Crippen LogP contribution in [0.3, 0.4) is 0 Å². The minimum atomic E-state index is -3.14. The van der Waals surface area contributed by atoms with Crippen molar-refractivity contribution in [1.82, 2.24) is 4.90 Å². The van der Waals surface area contributed by atoms with Crippen LogP contribution in [0.25, 0.3) is 6.08 Å². The first-order chi connectivity index (χ1) is 17.6. The maximum atomic E-state index is 13.7. The number of aliphatic hydroxyl groups is 1. The number of likely N-dealkylation sites (N-methyl/N-ethyl adjacent to an activating group) is 1. The summed E-state index contributed by atoms with van der Waals surface area (Å²) in [6.07, 6.45) is 2.83. The number of piperidine rings is 1. The number of amidine groups is 1. The second-order valence-corrected chi connectivity index (χ2v) is 12.3. The molecule has 1 unspecified atom stereocenters. The second-order valence-electron chi connectivity index (χ2n) is 10.2. The van der Waals surface area contributed by atoms with Gasteiger partial charge in [-0.25, -0.2) is 4.39 Å². The normalized spacial score (nSPS) is 31.9. The Morgan fingerprint density at radius 3 is 2.62 bits per heavy atom. The fourth-order valence-electron chi connectivity index (χ4n) is 5.50. The van der Waals surface area contributed by atoms with Gasteiger partial charge in [-0.15, -0.1) is 0 Å². The molecule has 2 saturated heterocycles. The molecule has 4 aliphatic heterocycles. The number of amides is 1. The molecule has 1 N–H and O–H groups in total. The van der Waals surface area contributed by atoms with E-state index >= 15 is 0 Å². The van der Waals surface area contributed by atoms with Crippen molar-refractivity contribution in [3.63, 3.8) is 0 Å². The summed E-state index contributed by atoms with van der Waals surface area (Å²) in [5.41, 5.74) is 2.13. The monoisotopic (exact) mass is 527 g/mol. The predicted molar refractivity (Wildman–Crippen MR) is 134 cm³/mol. The number of nitrogens with zero attached hydrogens (tertiary/aromatic N) is 3. The molecule has 194 valence electrons. The van der Waals surface area contributed by atoms with Crippen LogP contribution in [0.15, 0.2) is 53.2 Å². The van der Waals surface area contributed by atoms with E-state index in [0.29, 0.717) is 30.8 Å². The third kappa shape index (κ3) is 3.99. The summed E-state index contributed by atoms with van der Waals surface area (Å²) in [6, 6.07) is 11.6. The second kappa shape index (κ2) is 8.49. The van der Waals surface area contributed by atoms with Gasteiger partial charge in [-0.2, -0.15) is 0 Å². The summed E-state index contributed by atoms with van der Waals surface area (Å²) in [6.45, 7) is 1.75. The molecule has 0 aromatic heterocycles. The van der Waals surface area contributed by atoms with Crippen LogP contribution in [0.5, 0.6) is 0 Å². The van der Waals surface area contributed by atoms with Crippen LogP contribution in [0, 0.1) is 11.2 Å². The van der Waals surface area contributed by atoms with E-state index in [1.165, 1.54) is 18.8 Å². The van der Waals surface area contributed by atoms with E-state index in [2.05, 4.69) is 5.16 Å². The number of oxime groups is 1. The van der Waals surface area contributed by atoms with Crippen LogP contribution in [-0.2, 0) is 35.4 Å². The summed E-state index contributed by atoms with van der Waals surface area (Å²) < 4.78 is 37.4. The summed E-state index contributed by atoms with van der Waals surface area (Å²) >= 11 is 0. The van der Waals surface area contributed by atoms with E-state index < -0.39 is 31.2 Å². The lowest BCUT2D eigenvalue weighted by Gasteiger charge is -2.49. The van der Waals surface area contributed by atoms with E-state index in [0.717, 1.165) is 22.4 Å². The molecule has 2 aromatic carbocycles. The lowest BCUT2D eigenvalue weighted by atomic mass is 9.77. The average Bonchev–Trinajstić information content (AvgIpc) is 3.39. The molecular formula is C26H27FN3O6P. The first-order valence-electron chi connectivity index (χ1n) is 12.0. The zero-order valence-electron chi connectivity index (χ0n) is 20.5. The minimum absolute atomic E-state index is 0.0451. The maximum Gasteiger partial charge on any atom is 0.327 e. The Morgan fingerprint density at radius 2 is 1.92 bits per heavy atom. The Kier molecular flexibility index (Phi) is 5.58. The van der Waals surface area contributed by atoms with E-state index in [1.807, 2.05) is 29.2 Å². The van der Waals surface area contributed by atoms with Gasteiger partial charge in [0.2, 0.25) is 5.91 Å².